The van der Waals surface area contributed by atoms with Gasteiger partial charge in [-0.2, -0.15) is 0 Å². The highest BCUT2D eigenvalue weighted by atomic mass is 31.2. The van der Waals surface area contributed by atoms with Crippen molar-refractivity contribution in [1.29, 1.82) is 0 Å². The van der Waals surface area contributed by atoms with Crippen LogP contribution in [0.5, 0.6) is 0 Å². The molecule has 0 rings (SSSR count). The van der Waals surface area contributed by atoms with Crippen LogP contribution in [0.25, 0.3) is 0 Å². The number of carbonyl (C=O) groups is 2. The third kappa shape index (κ3) is 61.0. The van der Waals surface area contributed by atoms with Gasteiger partial charge in [0.1, 0.15) is 19.3 Å². The highest BCUT2D eigenvalue weighted by Gasteiger charge is 2.27. The maximum absolute atomic E-state index is 13.6. The maximum Gasteiger partial charge on any atom is 0.306 e. The number of amides is 1. The summed E-state index contributed by atoms with van der Waals surface area (Å²) in [7, 11) is 1.15. The highest BCUT2D eigenvalue weighted by Crippen LogP contribution is 2.38. The molecule has 0 saturated heterocycles. The Morgan fingerprint density at radius 2 is 0.780 bits per heavy atom. The van der Waals surface area contributed by atoms with Crippen molar-refractivity contribution in [2.45, 2.75) is 283 Å². The lowest BCUT2D eigenvalue weighted by molar-refractivity contribution is -0.870. The Hall–Kier alpha value is -3.59. The summed E-state index contributed by atoms with van der Waals surface area (Å²) in [6.45, 7) is 6.67. The van der Waals surface area contributed by atoms with Crippen molar-refractivity contribution in [3.8, 4) is 0 Å². The molecule has 0 bridgehead atoms. The second kappa shape index (κ2) is 60.5. The summed E-state index contributed by atoms with van der Waals surface area (Å²) >= 11 is 0. The minimum Gasteiger partial charge on any atom is -0.756 e. The standard InChI is InChI=1S/C72H125N2O7P/c1-7-10-13-16-19-22-25-28-30-32-34-35-36-37-38-39-41-43-45-47-50-53-56-59-62-65-72(76)81-70(63-60-57-54-51-48-27-24-21-18-15-12-9-3)69(68-80-82(77,78)79-67-66-74(4,5)6)73-71(75)64-61-58-55-52-49-46-44-42-40-33-31-29-26-23-20-17-14-11-8-2/h10,13,19-20,22-23,28-31,34-35,37-38,40,42,46,49,60,63,69-70H,7-9,11-12,14-18,21,24-27,32-33,36,39,41,43-45,47-48,50-59,61-62,64-68H2,1-6H3,(H-,73,75,77,78)/b13-10-,22-19-,23-20-,30-28-,31-29-,35-34-,38-37-,42-40-,49-46-,63-60-. The van der Waals surface area contributed by atoms with Crippen molar-refractivity contribution in [1.82, 2.24) is 5.32 Å². The van der Waals surface area contributed by atoms with Crippen LogP contribution in [0, 0.1) is 0 Å². The number of unbranched alkanes of at least 4 members (excludes halogenated alkanes) is 25. The van der Waals surface area contributed by atoms with E-state index in [0.717, 1.165) is 116 Å². The van der Waals surface area contributed by atoms with E-state index in [1.165, 1.54) is 109 Å². The number of esters is 1. The predicted octanol–water partition coefficient (Wildman–Crippen LogP) is 20.4. The first-order chi connectivity index (χ1) is 39.9. The Balaban J connectivity index is 5.22. The van der Waals surface area contributed by atoms with Crippen molar-refractivity contribution < 1.29 is 37.3 Å². The van der Waals surface area contributed by atoms with Crippen LogP contribution in [0.15, 0.2) is 122 Å². The molecular weight excluding hydrogens is 1040 g/mol. The van der Waals surface area contributed by atoms with E-state index < -0.39 is 26.6 Å². The Bertz CT molecular complexity index is 1820. The molecule has 0 radical (unpaired) electrons. The minimum absolute atomic E-state index is 0.0357. The number of phosphoric ester groups is 1. The van der Waals surface area contributed by atoms with E-state index in [1.54, 1.807) is 0 Å². The lowest BCUT2D eigenvalue weighted by Crippen LogP contribution is -2.47. The van der Waals surface area contributed by atoms with Crippen LogP contribution >= 0.6 is 7.82 Å². The van der Waals surface area contributed by atoms with Crippen LogP contribution < -0.4 is 10.2 Å². The van der Waals surface area contributed by atoms with Gasteiger partial charge in [0.25, 0.3) is 7.82 Å². The third-order valence-electron chi connectivity index (χ3n) is 14.1. The summed E-state index contributed by atoms with van der Waals surface area (Å²) in [5.74, 6) is -0.589. The summed E-state index contributed by atoms with van der Waals surface area (Å²) in [5, 5.41) is 3.01. The van der Waals surface area contributed by atoms with E-state index in [9.17, 15) is 19.0 Å². The fourth-order valence-electron chi connectivity index (χ4n) is 9.00. The molecule has 1 amide bonds. The topological polar surface area (TPSA) is 114 Å². The van der Waals surface area contributed by atoms with E-state index >= 15 is 0 Å². The molecule has 0 aromatic rings. The highest BCUT2D eigenvalue weighted by molar-refractivity contribution is 7.45. The molecular formula is C72H125N2O7P. The molecule has 0 saturated carbocycles. The first-order valence-electron chi connectivity index (χ1n) is 33.3. The van der Waals surface area contributed by atoms with Crippen LogP contribution in [0.4, 0.5) is 0 Å². The van der Waals surface area contributed by atoms with Crippen molar-refractivity contribution in [2.24, 2.45) is 0 Å². The number of carbonyl (C=O) groups excluding carboxylic acids is 2. The molecule has 0 aromatic carbocycles. The minimum atomic E-state index is -4.72. The molecule has 0 heterocycles. The number of rotatable bonds is 59. The monoisotopic (exact) mass is 1160 g/mol. The zero-order chi connectivity index (χ0) is 60.0. The molecule has 3 unspecified atom stereocenters. The largest absolute Gasteiger partial charge is 0.756 e. The molecule has 0 aliphatic heterocycles. The molecule has 82 heavy (non-hydrogen) atoms. The summed E-state index contributed by atoms with van der Waals surface area (Å²) in [5.41, 5.74) is 0. The van der Waals surface area contributed by atoms with Crippen LogP contribution in [-0.2, 0) is 27.9 Å². The van der Waals surface area contributed by atoms with Crippen molar-refractivity contribution in [2.75, 3.05) is 40.9 Å². The molecule has 0 aromatic heterocycles. The number of hydrogen-bond donors (Lipinski definition) is 1. The van der Waals surface area contributed by atoms with Gasteiger partial charge in [0.05, 0.1) is 33.8 Å². The zero-order valence-corrected chi connectivity index (χ0v) is 54.5. The molecule has 1 N–H and O–H groups in total. The summed E-state index contributed by atoms with van der Waals surface area (Å²) < 4.78 is 30.4. The SMILES string of the molecule is CC/C=C\C/C=C\C/C=C\C/C=C\C/C=C\CCCCCCCCCCCC(=O)OC(/C=C\CCCCCCCCCCCC)C(COP(=O)([O-])OCC[N+](C)(C)C)NC(=O)CCCCC/C=C\C/C=C\C/C=C\C/C=C\CCCCC. The fraction of sp³-hybridized carbons (Fsp3) is 0.694. The van der Waals surface area contributed by atoms with Gasteiger partial charge >= 0.3 is 5.97 Å². The number of likely N-dealkylation sites (N-methyl/N-ethyl adjacent to an activating group) is 1. The van der Waals surface area contributed by atoms with Crippen molar-refractivity contribution in [3.63, 3.8) is 0 Å². The van der Waals surface area contributed by atoms with Gasteiger partial charge in [0, 0.05) is 12.8 Å². The summed E-state index contributed by atoms with van der Waals surface area (Å²) in [6, 6.07) is -0.916. The molecule has 3 atom stereocenters. The average molecular weight is 1160 g/mol. The van der Waals surface area contributed by atoms with Gasteiger partial charge < -0.3 is 28.5 Å². The van der Waals surface area contributed by atoms with Crippen molar-refractivity contribution >= 4 is 19.7 Å². The molecule has 470 valence electrons. The number of nitrogens with one attached hydrogen (secondary N) is 1. The lowest BCUT2D eigenvalue weighted by Gasteiger charge is -2.30. The second-order valence-electron chi connectivity index (χ2n) is 23.2. The Kier molecular flexibility index (Phi) is 57.9. The Labute approximate surface area is 505 Å². The van der Waals surface area contributed by atoms with Gasteiger partial charge in [0.15, 0.2) is 0 Å². The number of allylic oxidation sites excluding steroid dienone is 19. The Morgan fingerprint density at radius 3 is 1.21 bits per heavy atom. The van der Waals surface area contributed by atoms with Crippen molar-refractivity contribution in [3.05, 3.63) is 122 Å². The summed E-state index contributed by atoms with van der Waals surface area (Å²) in [6.07, 6.45) is 84.5. The number of nitrogens with zero attached hydrogens (tertiary/aromatic N) is 1. The van der Waals surface area contributed by atoms with Gasteiger partial charge in [-0.25, -0.2) is 0 Å². The van der Waals surface area contributed by atoms with E-state index in [-0.39, 0.29) is 31.3 Å². The van der Waals surface area contributed by atoms with Gasteiger partial charge in [-0.1, -0.05) is 258 Å². The van der Waals surface area contributed by atoms with Gasteiger partial charge in [-0.15, -0.1) is 0 Å². The van der Waals surface area contributed by atoms with Crippen LogP contribution in [0.3, 0.4) is 0 Å². The van der Waals surface area contributed by atoms with Gasteiger partial charge in [0.2, 0.25) is 5.91 Å². The molecule has 0 aliphatic rings. The quantitative estimate of drug-likeness (QED) is 0.0212. The lowest BCUT2D eigenvalue weighted by atomic mass is 10.0. The summed E-state index contributed by atoms with van der Waals surface area (Å²) in [4.78, 5) is 40.1. The fourth-order valence-corrected chi connectivity index (χ4v) is 9.73. The first kappa shape index (κ1) is 78.4. The number of quaternary nitrogens is 1. The van der Waals surface area contributed by atoms with Crippen LogP contribution in [0.2, 0.25) is 0 Å². The predicted molar refractivity (Wildman–Crippen MR) is 353 cm³/mol. The van der Waals surface area contributed by atoms with E-state index in [2.05, 4.69) is 135 Å². The van der Waals surface area contributed by atoms with Crippen LogP contribution in [-0.4, -0.2) is 69.4 Å². The van der Waals surface area contributed by atoms with E-state index in [4.69, 9.17) is 13.8 Å². The number of ether oxygens (including phenoxy) is 1. The molecule has 0 spiro atoms. The van der Waals surface area contributed by atoms with E-state index in [0.29, 0.717) is 23.9 Å². The third-order valence-corrected chi connectivity index (χ3v) is 15.1. The average Bonchev–Trinajstić information content (AvgIpc) is 3.44. The normalized spacial score (nSPS) is 14.4. The molecule has 10 heteroatoms. The van der Waals surface area contributed by atoms with E-state index in [1.807, 2.05) is 33.3 Å². The van der Waals surface area contributed by atoms with Gasteiger partial charge in [-0.3, -0.25) is 14.2 Å². The Morgan fingerprint density at radius 1 is 0.439 bits per heavy atom. The molecule has 9 nitrogen and oxygen atoms in total. The maximum atomic E-state index is 13.6. The zero-order valence-electron chi connectivity index (χ0n) is 53.7. The first-order valence-corrected chi connectivity index (χ1v) is 34.8. The van der Waals surface area contributed by atoms with Gasteiger partial charge in [-0.05, 0) is 122 Å². The molecule has 0 aliphatic carbocycles. The molecule has 0 fully saturated rings. The van der Waals surface area contributed by atoms with Crippen LogP contribution in [0.1, 0.15) is 271 Å². The number of hydrogen-bond acceptors (Lipinski definition) is 7. The smallest absolute Gasteiger partial charge is 0.306 e. The second-order valence-corrected chi connectivity index (χ2v) is 24.6. The number of phosphoric acid groups is 1.